The van der Waals surface area contributed by atoms with E-state index in [9.17, 15) is 4.79 Å². The van der Waals surface area contributed by atoms with Gasteiger partial charge in [0, 0.05) is 28.9 Å². The third-order valence-electron chi connectivity index (χ3n) is 5.56. The third-order valence-corrected chi connectivity index (χ3v) is 5.56. The lowest BCUT2D eigenvalue weighted by Crippen LogP contribution is -3.13. The van der Waals surface area contributed by atoms with Crippen molar-refractivity contribution in [2.75, 3.05) is 13.1 Å². The van der Waals surface area contributed by atoms with Crippen molar-refractivity contribution in [1.29, 1.82) is 0 Å². The van der Waals surface area contributed by atoms with E-state index in [4.69, 9.17) is 4.42 Å². The molecule has 122 valence electrons. The van der Waals surface area contributed by atoms with Crippen LogP contribution in [0.15, 0.2) is 27.4 Å². The summed E-state index contributed by atoms with van der Waals surface area (Å²) < 4.78 is 5.49. The van der Waals surface area contributed by atoms with Crippen molar-refractivity contribution in [3.05, 3.63) is 45.3 Å². The summed E-state index contributed by atoms with van der Waals surface area (Å²) in [7, 11) is 0. The number of hydrogen-bond donors (Lipinski definition) is 1. The minimum absolute atomic E-state index is 0.206. The van der Waals surface area contributed by atoms with Crippen molar-refractivity contribution in [3.63, 3.8) is 0 Å². The van der Waals surface area contributed by atoms with Crippen molar-refractivity contribution in [2.45, 2.75) is 46.1 Å². The van der Waals surface area contributed by atoms with Crippen molar-refractivity contribution in [2.24, 2.45) is 11.8 Å². The first-order valence-electron chi connectivity index (χ1n) is 9.00. The van der Waals surface area contributed by atoms with Crippen LogP contribution in [0, 0.1) is 11.8 Å². The van der Waals surface area contributed by atoms with Crippen molar-refractivity contribution in [3.8, 4) is 0 Å². The van der Waals surface area contributed by atoms with Crippen LogP contribution in [0.25, 0.3) is 11.0 Å². The molecule has 3 nitrogen and oxygen atoms in total. The number of quaternary nitrogens is 1. The van der Waals surface area contributed by atoms with Crippen LogP contribution in [0.3, 0.4) is 0 Å². The van der Waals surface area contributed by atoms with Crippen LogP contribution < -0.4 is 10.5 Å². The average Bonchev–Trinajstić information content (AvgIpc) is 2.91. The zero-order valence-electron chi connectivity index (χ0n) is 14.2. The molecule has 1 aromatic heterocycles. The van der Waals surface area contributed by atoms with Crippen LogP contribution in [0.1, 0.15) is 43.4 Å². The Hall–Kier alpha value is -1.61. The summed E-state index contributed by atoms with van der Waals surface area (Å²) in [6.45, 7) is 8.05. The average molecular weight is 312 g/mol. The molecule has 4 rings (SSSR count). The molecule has 3 heteroatoms. The minimum Gasteiger partial charge on any atom is -0.423 e. The van der Waals surface area contributed by atoms with E-state index in [1.54, 1.807) is 11.0 Å². The Kier molecular flexibility index (Phi) is 3.76. The van der Waals surface area contributed by atoms with Gasteiger partial charge in [-0.2, -0.15) is 0 Å². The first kappa shape index (κ1) is 14.9. The molecular formula is C20H26NO2+. The number of fused-ring (bicyclic) bond motifs is 2. The Morgan fingerprint density at radius 1 is 1.09 bits per heavy atom. The van der Waals surface area contributed by atoms with Gasteiger partial charge in [0.1, 0.15) is 12.1 Å². The number of hydrogen-bond acceptors (Lipinski definition) is 2. The van der Waals surface area contributed by atoms with Crippen LogP contribution in [-0.2, 0) is 19.4 Å². The second-order valence-corrected chi connectivity index (χ2v) is 7.84. The highest BCUT2D eigenvalue weighted by molar-refractivity contribution is 5.82. The molecule has 1 N–H and O–H groups in total. The van der Waals surface area contributed by atoms with E-state index in [0.29, 0.717) is 0 Å². The zero-order chi connectivity index (χ0) is 16.0. The van der Waals surface area contributed by atoms with Gasteiger partial charge in [0.05, 0.1) is 13.1 Å². The third kappa shape index (κ3) is 2.94. The summed E-state index contributed by atoms with van der Waals surface area (Å²) >= 11 is 0. The summed E-state index contributed by atoms with van der Waals surface area (Å²) in [6.07, 6.45) is 4.83. The molecule has 0 spiro atoms. The molecule has 2 aromatic rings. The smallest absolute Gasteiger partial charge is 0.336 e. The van der Waals surface area contributed by atoms with Gasteiger partial charge in [-0.3, -0.25) is 0 Å². The fourth-order valence-corrected chi connectivity index (χ4v) is 4.78. The van der Waals surface area contributed by atoms with Gasteiger partial charge >= 0.3 is 5.63 Å². The zero-order valence-corrected chi connectivity index (χ0v) is 14.2. The lowest BCUT2D eigenvalue weighted by atomic mass is 9.91. The second-order valence-electron chi connectivity index (χ2n) is 7.84. The van der Waals surface area contributed by atoms with Gasteiger partial charge in [-0.1, -0.05) is 13.8 Å². The van der Waals surface area contributed by atoms with Gasteiger partial charge in [-0.05, 0) is 48.9 Å². The number of piperidine rings is 1. The molecule has 0 amide bonds. The maximum atomic E-state index is 12.0. The maximum Gasteiger partial charge on any atom is 0.336 e. The molecule has 2 aliphatic rings. The topological polar surface area (TPSA) is 34.7 Å². The fraction of sp³-hybridized carbons (Fsp3) is 0.550. The molecule has 0 bridgehead atoms. The van der Waals surface area contributed by atoms with Gasteiger partial charge < -0.3 is 9.32 Å². The predicted molar refractivity (Wildman–Crippen MR) is 91.9 cm³/mol. The molecule has 2 atom stereocenters. The SMILES string of the molecule is C[C@H]1C[C@H](C)C[NH+](Cc2cc(=O)oc3cc4c(cc23)CCC4)C1. The van der Waals surface area contributed by atoms with Crippen molar-refractivity contribution < 1.29 is 9.32 Å². The predicted octanol–water partition coefficient (Wildman–Crippen LogP) is 2.34. The van der Waals surface area contributed by atoms with E-state index < -0.39 is 0 Å². The highest BCUT2D eigenvalue weighted by atomic mass is 16.4. The van der Waals surface area contributed by atoms with Crippen LogP contribution in [0.2, 0.25) is 0 Å². The summed E-state index contributed by atoms with van der Waals surface area (Å²) in [5.41, 5.74) is 4.56. The number of likely N-dealkylation sites (tertiary alicyclic amines) is 1. The Balaban J connectivity index is 1.72. The van der Waals surface area contributed by atoms with Crippen LogP contribution in [0.4, 0.5) is 0 Å². The molecule has 1 fully saturated rings. The van der Waals surface area contributed by atoms with E-state index in [-0.39, 0.29) is 5.63 Å². The molecule has 23 heavy (non-hydrogen) atoms. The highest BCUT2D eigenvalue weighted by Crippen LogP contribution is 2.28. The lowest BCUT2D eigenvalue weighted by molar-refractivity contribution is -0.925. The van der Waals surface area contributed by atoms with Gasteiger partial charge in [0.15, 0.2) is 0 Å². The van der Waals surface area contributed by atoms with Crippen molar-refractivity contribution >= 4 is 11.0 Å². The monoisotopic (exact) mass is 312 g/mol. The summed E-state index contributed by atoms with van der Waals surface area (Å²) in [5.74, 6) is 1.54. The number of aryl methyl sites for hydroxylation is 2. The molecule has 2 heterocycles. The molecule has 1 aliphatic heterocycles. The van der Waals surface area contributed by atoms with E-state index in [0.717, 1.165) is 42.2 Å². The summed E-state index contributed by atoms with van der Waals surface area (Å²) in [4.78, 5) is 13.6. The normalized spacial score (nSPS) is 27.3. The minimum atomic E-state index is -0.206. The van der Waals surface area contributed by atoms with Crippen LogP contribution in [0.5, 0.6) is 0 Å². The quantitative estimate of drug-likeness (QED) is 0.864. The Bertz CT molecular complexity index is 782. The number of nitrogens with one attached hydrogen (secondary N) is 1. The molecule has 0 radical (unpaired) electrons. The molecule has 1 aliphatic carbocycles. The first-order valence-corrected chi connectivity index (χ1v) is 9.00. The Morgan fingerprint density at radius 3 is 2.52 bits per heavy atom. The largest absolute Gasteiger partial charge is 0.423 e. The first-order chi connectivity index (χ1) is 11.1. The Labute approximate surface area is 137 Å². The maximum absolute atomic E-state index is 12.0. The molecule has 1 aromatic carbocycles. The standard InChI is InChI=1S/C20H25NO2/c1-13-6-14(2)11-21(10-13)12-17-9-20(22)23-19-8-16-5-3-4-15(16)7-18(17)19/h7-9,13-14H,3-6,10-12H2,1-2H3/p+1/t13-,14-/m0/s1. The Morgan fingerprint density at radius 2 is 1.78 bits per heavy atom. The van der Waals surface area contributed by atoms with Crippen LogP contribution >= 0.6 is 0 Å². The van der Waals surface area contributed by atoms with Gasteiger partial charge in [0.2, 0.25) is 0 Å². The lowest BCUT2D eigenvalue weighted by Gasteiger charge is -2.32. The van der Waals surface area contributed by atoms with E-state index in [1.165, 1.54) is 42.6 Å². The van der Waals surface area contributed by atoms with Crippen molar-refractivity contribution in [1.82, 2.24) is 0 Å². The van der Waals surface area contributed by atoms with Crippen LogP contribution in [-0.4, -0.2) is 13.1 Å². The number of rotatable bonds is 2. The van der Waals surface area contributed by atoms with Gasteiger partial charge in [-0.15, -0.1) is 0 Å². The van der Waals surface area contributed by atoms with E-state index in [2.05, 4.69) is 26.0 Å². The fourth-order valence-electron chi connectivity index (χ4n) is 4.78. The van der Waals surface area contributed by atoms with Gasteiger partial charge in [-0.25, -0.2) is 4.79 Å². The molecule has 1 saturated heterocycles. The molecule has 0 saturated carbocycles. The number of benzene rings is 1. The summed E-state index contributed by atoms with van der Waals surface area (Å²) in [6, 6.07) is 6.12. The summed E-state index contributed by atoms with van der Waals surface area (Å²) in [5, 5.41) is 1.16. The van der Waals surface area contributed by atoms with Gasteiger partial charge in [0.25, 0.3) is 0 Å². The molecular weight excluding hydrogens is 286 g/mol. The second kappa shape index (κ2) is 5.79. The van der Waals surface area contributed by atoms with E-state index >= 15 is 0 Å². The van der Waals surface area contributed by atoms with E-state index in [1.807, 2.05) is 0 Å². The highest BCUT2D eigenvalue weighted by Gasteiger charge is 2.26. The molecule has 0 unspecified atom stereocenters.